The number of pyridine rings is 1. The van der Waals surface area contributed by atoms with Gasteiger partial charge in [0.1, 0.15) is 10.8 Å². The number of fused-ring (bicyclic) bond motifs is 1. The average Bonchev–Trinajstić information content (AvgIpc) is 2.43. The lowest BCUT2D eigenvalue weighted by Crippen LogP contribution is -2.26. The number of benzene rings is 1. The molecule has 5 heteroatoms. The van der Waals surface area contributed by atoms with Crippen molar-refractivity contribution >= 4 is 33.9 Å². The number of nitrogens with two attached hydrogens (primary N) is 1. The van der Waals surface area contributed by atoms with E-state index < -0.39 is 0 Å². The number of anilines is 1. The first-order valence-corrected chi connectivity index (χ1v) is 6.98. The van der Waals surface area contributed by atoms with Crippen LogP contribution in [0.1, 0.15) is 18.9 Å². The zero-order valence-corrected chi connectivity index (χ0v) is 12.5. The van der Waals surface area contributed by atoms with E-state index in [-0.39, 0.29) is 6.10 Å². The minimum atomic E-state index is -0.341. The number of nitrogens with zero attached hydrogens (tertiary/aromatic N) is 2. The molecule has 3 N–H and O–H groups in total. The van der Waals surface area contributed by atoms with Gasteiger partial charge in [0.25, 0.3) is 0 Å². The number of para-hydroxylation sites is 1. The quantitative estimate of drug-likeness (QED) is 0.825. The van der Waals surface area contributed by atoms with Crippen LogP contribution in [0.25, 0.3) is 10.9 Å². The molecule has 106 valence electrons. The third-order valence-corrected chi connectivity index (χ3v) is 3.43. The maximum Gasteiger partial charge on any atom is 0.139 e. The summed E-state index contributed by atoms with van der Waals surface area (Å²) in [6, 6.07) is 9.84. The molecule has 0 saturated carbocycles. The molecule has 0 aliphatic rings. The van der Waals surface area contributed by atoms with Crippen LogP contribution < -0.4 is 10.6 Å². The predicted octanol–water partition coefficient (Wildman–Crippen LogP) is 2.08. The Bertz CT molecular complexity index is 628. The van der Waals surface area contributed by atoms with E-state index in [1.165, 1.54) is 0 Å². The molecule has 0 aliphatic carbocycles. The number of hydrogen-bond acceptors (Lipinski definition) is 4. The van der Waals surface area contributed by atoms with Crippen molar-refractivity contribution in [2.24, 2.45) is 5.73 Å². The van der Waals surface area contributed by atoms with Crippen LogP contribution >= 0.6 is 12.2 Å². The Kier molecular flexibility index (Phi) is 4.52. The number of aliphatic hydroxyl groups is 1. The fraction of sp³-hybridized carbons (Fsp3) is 0.333. The van der Waals surface area contributed by atoms with E-state index in [0.29, 0.717) is 18.0 Å². The first kappa shape index (κ1) is 14.7. The third-order valence-electron chi connectivity index (χ3n) is 3.21. The van der Waals surface area contributed by atoms with Crippen LogP contribution in [0, 0.1) is 0 Å². The molecule has 2 rings (SSSR count). The maximum atomic E-state index is 9.40. The van der Waals surface area contributed by atoms with Gasteiger partial charge in [0.15, 0.2) is 0 Å². The van der Waals surface area contributed by atoms with Crippen molar-refractivity contribution in [1.29, 1.82) is 0 Å². The lowest BCUT2D eigenvalue weighted by atomic mass is 10.1. The smallest absolute Gasteiger partial charge is 0.139 e. The number of thiocarbonyl (C=S) groups is 1. The van der Waals surface area contributed by atoms with E-state index >= 15 is 0 Å². The normalized spacial score (nSPS) is 12.3. The van der Waals surface area contributed by atoms with E-state index in [2.05, 4.69) is 4.98 Å². The summed E-state index contributed by atoms with van der Waals surface area (Å²) in [6.07, 6.45) is 0.327. The van der Waals surface area contributed by atoms with Gasteiger partial charge in [0.2, 0.25) is 0 Å². The number of aliphatic hydroxyl groups excluding tert-OH is 1. The molecule has 1 unspecified atom stereocenters. The molecule has 1 heterocycles. The molecule has 1 aromatic carbocycles. The first-order chi connectivity index (χ1) is 9.49. The zero-order chi connectivity index (χ0) is 14.7. The van der Waals surface area contributed by atoms with E-state index in [1.54, 1.807) is 6.92 Å². The molecule has 1 aromatic heterocycles. The Morgan fingerprint density at radius 2 is 2.15 bits per heavy atom. The molecule has 1 atom stereocenters. The Balaban J connectivity index is 2.43. The highest BCUT2D eigenvalue weighted by atomic mass is 32.1. The second kappa shape index (κ2) is 6.15. The maximum absolute atomic E-state index is 9.40. The summed E-state index contributed by atoms with van der Waals surface area (Å²) in [5.74, 6) is 0.761. The van der Waals surface area contributed by atoms with Crippen LogP contribution in [0.4, 0.5) is 5.82 Å². The molecular weight excluding hydrogens is 270 g/mol. The molecule has 0 bridgehead atoms. The monoisotopic (exact) mass is 289 g/mol. The third kappa shape index (κ3) is 3.23. The van der Waals surface area contributed by atoms with Gasteiger partial charge < -0.3 is 15.7 Å². The van der Waals surface area contributed by atoms with E-state index in [1.807, 2.05) is 42.3 Å². The van der Waals surface area contributed by atoms with Crippen LogP contribution in [0.2, 0.25) is 0 Å². The van der Waals surface area contributed by atoms with Crippen molar-refractivity contribution in [3.8, 4) is 0 Å². The predicted molar refractivity (Wildman–Crippen MR) is 87.2 cm³/mol. The molecule has 2 aromatic rings. The Hall–Kier alpha value is -1.72. The SMILES string of the molecule is CC(O)CCN(C)c1nc2ccccc2cc1C(N)=S. The highest BCUT2D eigenvalue weighted by molar-refractivity contribution is 7.80. The molecule has 0 spiro atoms. The molecule has 0 fully saturated rings. The number of aromatic nitrogens is 1. The van der Waals surface area contributed by atoms with Gasteiger partial charge in [-0.05, 0) is 25.5 Å². The van der Waals surface area contributed by atoms with Gasteiger partial charge >= 0.3 is 0 Å². The van der Waals surface area contributed by atoms with Gasteiger partial charge in [0.05, 0.1) is 17.2 Å². The highest BCUT2D eigenvalue weighted by Crippen LogP contribution is 2.23. The van der Waals surface area contributed by atoms with Crippen LogP contribution in [-0.2, 0) is 0 Å². The van der Waals surface area contributed by atoms with Gasteiger partial charge in [-0.1, -0.05) is 30.4 Å². The molecule has 0 aliphatic heterocycles. The molecule has 0 radical (unpaired) electrons. The van der Waals surface area contributed by atoms with E-state index in [0.717, 1.165) is 22.3 Å². The lowest BCUT2D eigenvalue weighted by molar-refractivity contribution is 0.187. The van der Waals surface area contributed by atoms with E-state index in [4.69, 9.17) is 18.0 Å². The molecule has 4 nitrogen and oxygen atoms in total. The summed E-state index contributed by atoms with van der Waals surface area (Å²) in [5.41, 5.74) is 7.49. The Labute approximate surface area is 124 Å². The molecular formula is C15H19N3OS. The van der Waals surface area contributed by atoms with Crippen molar-refractivity contribution < 1.29 is 5.11 Å². The van der Waals surface area contributed by atoms with Gasteiger partial charge in [-0.3, -0.25) is 0 Å². The van der Waals surface area contributed by atoms with Crippen molar-refractivity contribution in [2.45, 2.75) is 19.4 Å². The summed E-state index contributed by atoms with van der Waals surface area (Å²) in [5, 5.41) is 10.4. The second-order valence-corrected chi connectivity index (χ2v) is 5.42. The fourth-order valence-electron chi connectivity index (χ4n) is 2.06. The van der Waals surface area contributed by atoms with E-state index in [9.17, 15) is 5.11 Å². The minimum Gasteiger partial charge on any atom is -0.393 e. The van der Waals surface area contributed by atoms with Gasteiger partial charge in [-0.15, -0.1) is 0 Å². The number of hydrogen-bond donors (Lipinski definition) is 2. The van der Waals surface area contributed by atoms with Crippen LogP contribution in [0.5, 0.6) is 0 Å². The van der Waals surface area contributed by atoms with Crippen molar-refractivity contribution in [1.82, 2.24) is 4.98 Å². The topological polar surface area (TPSA) is 62.4 Å². The summed E-state index contributed by atoms with van der Waals surface area (Å²) < 4.78 is 0. The summed E-state index contributed by atoms with van der Waals surface area (Å²) in [4.78, 5) is 6.97. The Morgan fingerprint density at radius 3 is 2.80 bits per heavy atom. The minimum absolute atomic E-state index is 0.335. The van der Waals surface area contributed by atoms with Crippen LogP contribution in [0.15, 0.2) is 30.3 Å². The van der Waals surface area contributed by atoms with Gasteiger partial charge in [0, 0.05) is 19.0 Å². The summed E-state index contributed by atoms with van der Waals surface area (Å²) in [6.45, 7) is 2.47. The molecule has 0 amide bonds. The summed E-state index contributed by atoms with van der Waals surface area (Å²) in [7, 11) is 1.93. The van der Waals surface area contributed by atoms with Crippen LogP contribution in [-0.4, -0.2) is 34.8 Å². The standard InChI is InChI=1S/C15H19N3OS/c1-10(19)7-8-18(2)15-12(14(16)20)9-11-5-3-4-6-13(11)17-15/h3-6,9-10,19H,7-8H2,1-2H3,(H2,16,20). The first-order valence-electron chi connectivity index (χ1n) is 6.58. The zero-order valence-electron chi connectivity index (χ0n) is 11.7. The lowest BCUT2D eigenvalue weighted by Gasteiger charge is -2.22. The van der Waals surface area contributed by atoms with Crippen molar-refractivity contribution in [3.05, 3.63) is 35.9 Å². The second-order valence-electron chi connectivity index (χ2n) is 4.98. The van der Waals surface area contributed by atoms with Crippen molar-refractivity contribution in [2.75, 3.05) is 18.5 Å². The fourth-order valence-corrected chi connectivity index (χ4v) is 2.21. The molecule has 20 heavy (non-hydrogen) atoms. The number of rotatable bonds is 5. The van der Waals surface area contributed by atoms with Gasteiger partial charge in [-0.25, -0.2) is 4.98 Å². The highest BCUT2D eigenvalue weighted by Gasteiger charge is 2.13. The molecule has 0 saturated heterocycles. The van der Waals surface area contributed by atoms with Crippen LogP contribution in [0.3, 0.4) is 0 Å². The average molecular weight is 289 g/mol. The summed E-state index contributed by atoms with van der Waals surface area (Å²) >= 11 is 5.13. The van der Waals surface area contributed by atoms with Gasteiger partial charge in [-0.2, -0.15) is 0 Å². The largest absolute Gasteiger partial charge is 0.393 e. The van der Waals surface area contributed by atoms with Crippen molar-refractivity contribution in [3.63, 3.8) is 0 Å². The Morgan fingerprint density at radius 1 is 1.45 bits per heavy atom.